The number of anilines is 2. The van der Waals surface area contributed by atoms with E-state index >= 15 is 0 Å². The second-order valence-electron chi connectivity index (χ2n) is 6.50. The first-order valence-electron chi connectivity index (χ1n) is 8.01. The molecule has 1 aromatic rings. The van der Waals surface area contributed by atoms with Crippen LogP contribution in [0, 0.1) is 5.92 Å². The van der Waals surface area contributed by atoms with Gasteiger partial charge in [0.1, 0.15) is 0 Å². The van der Waals surface area contributed by atoms with Gasteiger partial charge in [0, 0.05) is 11.7 Å². The van der Waals surface area contributed by atoms with Crippen LogP contribution in [0.2, 0.25) is 5.02 Å². The second kappa shape index (κ2) is 7.34. The van der Waals surface area contributed by atoms with Crippen LogP contribution in [0.1, 0.15) is 40.0 Å². The van der Waals surface area contributed by atoms with Crippen LogP contribution in [0.3, 0.4) is 0 Å². The maximum Gasteiger partial charge on any atom is 0.242 e. The number of nitrogen functional groups attached to an aromatic ring is 1. The average Bonchev–Trinajstić information content (AvgIpc) is 2.45. The summed E-state index contributed by atoms with van der Waals surface area (Å²) in [6.45, 7) is 7.39. The number of amides is 1. The van der Waals surface area contributed by atoms with Gasteiger partial charge in [-0.3, -0.25) is 9.69 Å². The van der Waals surface area contributed by atoms with Gasteiger partial charge in [-0.2, -0.15) is 0 Å². The molecule has 4 nitrogen and oxygen atoms in total. The number of hydrogen-bond acceptors (Lipinski definition) is 3. The summed E-state index contributed by atoms with van der Waals surface area (Å²) < 4.78 is 0. The summed E-state index contributed by atoms with van der Waals surface area (Å²) in [5, 5.41) is 3.49. The molecular formula is C17H26ClN3O. The fraction of sp³-hybridized carbons (Fsp3) is 0.588. The summed E-state index contributed by atoms with van der Waals surface area (Å²) in [5.41, 5.74) is 6.98. The summed E-state index contributed by atoms with van der Waals surface area (Å²) in [4.78, 5) is 15.1. The zero-order chi connectivity index (χ0) is 16.3. The largest absolute Gasteiger partial charge is 0.397 e. The first-order chi connectivity index (χ1) is 10.4. The first-order valence-corrected chi connectivity index (χ1v) is 8.39. The van der Waals surface area contributed by atoms with Gasteiger partial charge in [-0.05, 0) is 50.4 Å². The maximum atomic E-state index is 12.8. The maximum absolute atomic E-state index is 12.8. The summed E-state index contributed by atoms with van der Waals surface area (Å²) in [6, 6.07) is 5.53. The lowest BCUT2D eigenvalue weighted by Gasteiger charge is -2.40. The van der Waals surface area contributed by atoms with Gasteiger partial charge >= 0.3 is 0 Å². The van der Waals surface area contributed by atoms with Gasteiger partial charge in [-0.15, -0.1) is 0 Å². The molecule has 1 heterocycles. The van der Waals surface area contributed by atoms with Gasteiger partial charge < -0.3 is 11.1 Å². The molecule has 22 heavy (non-hydrogen) atoms. The van der Waals surface area contributed by atoms with Crippen LogP contribution in [0.5, 0.6) is 0 Å². The number of benzene rings is 1. The predicted octanol–water partition coefficient (Wildman–Crippen LogP) is 3.76. The van der Waals surface area contributed by atoms with Crippen LogP contribution in [0.15, 0.2) is 18.2 Å². The minimum Gasteiger partial charge on any atom is -0.397 e. The van der Waals surface area contributed by atoms with E-state index in [1.54, 1.807) is 18.2 Å². The van der Waals surface area contributed by atoms with E-state index in [0.29, 0.717) is 22.4 Å². The van der Waals surface area contributed by atoms with E-state index in [1.165, 1.54) is 6.42 Å². The fourth-order valence-corrected chi connectivity index (χ4v) is 3.33. The highest BCUT2D eigenvalue weighted by Crippen LogP contribution is 2.26. The molecule has 2 atom stereocenters. The zero-order valence-corrected chi connectivity index (χ0v) is 14.4. The number of nitrogens with one attached hydrogen (secondary N) is 1. The number of piperidine rings is 1. The Kier molecular flexibility index (Phi) is 5.70. The van der Waals surface area contributed by atoms with E-state index in [2.05, 4.69) is 31.0 Å². The number of rotatable bonds is 4. The van der Waals surface area contributed by atoms with E-state index in [1.807, 2.05) is 0 Å². The van der Waals surface area contributed by atoms with Gasteiger partial charge in [0.2, 0.25) is 5.91 Å². The number of likely N-dealkylation sites (tertiary alicyclic amines) is 1. The molecule has 1 amide bonds. The molecule has 122 valence electrons. The van der Waals surface area contributed by atoms with Crippen molar-refractivity contribution in [3.8, 4) is 0 Å². The molecule has 2 rings (SSSR count). The number of nitrogens with two attached hydrogens (primary N) is 1. The molecule has 1 aliphatic heterocycles. The van der Waals surface area contributed by atoms with E-state index in [0.717, 1.165) is 19.4 Å². The number of carbonyl (C=O) groups is 1. The van der Waals surface area contributed by atoms with Crippen molar-refractivity contribution < 1.29 is 4.79 Å². The topological polar surface area (TPSA) is 58.4 Å². The van der Waals surface area contributed by atoms with Gasteiger partial charge in [0.15, 0.2) is 0 Å². The molecule has 0 radical (unpaired) electrons. The molecule has 0 bridgehead atoms. The third-order valence-electron chi connectivity index (χ3n) is 4.38. The van der Waals surface area contributed by atoms with Crippen molar-refractivity contribution in [2.75, 3.05) is 17.6 Å². The Morgan fingerprint density at radius 1 is 1.41 bits per heavy atom. The zero-order valence-electron chi connectivity index (χ0n) is 13.6. The molecule has 1 aliphatic rings. The highest BCUT2D eigenvalue weighted by atomic mass is 35.5. The number of carbonyl (C=O) groups excluding carboxylic acids is 1. The second-order valence-corrected chi connectivity index (χ2v) is 6.90. The van der Waals surface area contributed by atoms with Crippen LogP contribution in [-0.2, 0) is 4.79 Å². The molecular weight excluding hydrogens is 298 g/mol. The predicted molar refractivity (Wildman–Crippen MR) is 93.1 cm³/mol. The molecule has 1 aromatic carbocycles. The van der Waals surface area contributed by atoms with Crippen LogP contribution in [-0.4, -0.2) is 29.4 Å². The smallest absolute Gasteiger partial charge is 0.242 e. The molecule has 2 unspecified atom stereocenters. The third-order valence-corrected chi connectivity index (χ3v) is 4.72. The van der Waals surface area contributed by atoms with Gasteiger partial charge in [0.25, 0.3) is 0 Å². The molecule has 1 fully saturated rings. The Balaban J connectivity index is 2.13. The van der Waals surface area contributed by atoms with Crippen molar-refractivity contribution in [1.29, 1.82) is 0 Å². The number of halogens is 1. The summed E-state index contributed by atoms with van der Waals surface area (Å²) in [7, 11) is 0. The Morgan fingerprint density at radius 2 is 2.14 bits per heavy atom. The molecule has 0 spiro atoms. The van der Waals surface area contributed by atoms with Crippen molar-refractivity contribution in [2.24, 2.45) is 5.92 Å². The Labute approximate surface area is 138 Å². The molecule has 1 saturated heterocycles. The van der Waals surface area contributed by atoms with Crippen molar-refractivity contribution in [3.05, 3.63) is 23.2 Å². The normalized spacial score (nSPS) is 20.9. The van der Waals surface area contributed by atoms with Crippen LogP contribution >= 0.6 is 11.6 Å². The van der Waals surface area contributed by atoms with Gasteiger partial charge in [0.05, 0.1) is 16.8 Å². The molecule has 5 heteroatoms. The molecule has 0 aliphatic carbocycles. The Hall–Kier alpha value is -1.26. The average molecular weight is 324 g/mol. The van der Waals surface area contributed by atoms with Crippen LogP contribution in [0.4, 0.5) is 11.4 Å². The standard InChI is InChI=1S/C17H26ClN3O/c1-11(2)16(21-9-5-4-6-12(21)3)17(22)20-13-7-8-14(18)15(19)10-13/h7-8,10-12,16H,4-6,9,19H2,1-3H3,(H,20,22). The minimum atomic E-state index is -0.118. The number of nitrogens with zero attached hydrogens (tertiary/aromatic N) is 1. The van der Waals surface area contributed by atoms with E-state index in [9.17, 15) is 4.79 Å². The minimum absolute atomic E-state index is 0.0328. The Bertz CT molecular complexity index is 533. The van der Waals surface area contributed by atoms with Crippen molar-refractivity contribution in [3.63, 3.8) is 0 Å². The summed E-state index contributed by atoms with van der Waals surface area (Å²) in [6.07, 6.45) is 3.57. The van der Waals surface area contributed by atoms with Crippen molar-refractivity contribution in [1.82, 2.24) is 4.90 Å². The molecule has 0 aromatic heterocycles. The van der Waals surface area contributed by atoms with E-state index in [4.69, 9.17) is 17.3 Å². The lowest BCUT2D eigenvalue weighted by Crippen LogP contribution is -2.52. The first kappa shape index (κ1) is 17.1. The SMILES string of the molecule is CC(C)C(C(=O)Nc1ccc(Cl)c(N)c1)N1CCCCC1C. The monoisotopic (exact) mass is 323 g/mol. The molecule has 3 N–H and O–H groups in total. The third kappa shape index (κ3) is 3.93. The highest BCUT2D eigenvalue weighted by molar-refractivity contribution is 6.33. The lowest BCUT2D eigenvalue weighted by atomic mass is 9.94. The highest BCUT2D eigenvalue weighted by Gasteiger charge is 2.33. The van der Waals surface area contributed by atoms with Crippen LogP contribution < -0.4 is 11.1 Å². The van der Waals surface area contributed by atoms with Crippen LogP contribution in [0.25, 0.3) is 0 Å². The van der Waals surface area contributed by atoms with Gasteiger partial charge in [-0.25, -0.2) is 0 Å². The van der Waals surface area contributed by atoms with Crippen molar-refractivity contribution >= 4 is 28.9 Å². The Morgan fingerprint density at radius 3 is 2.73 bits per heavy atom. The quantitative estimate of drug-likeness (QED) is 0.829. The van der Waals surface area contributed by atoms with Crippen molar-refractivity contribution in [2.45, 2.75) is 52.1 Å². The molecule has 0 saturated carbocycles. The van der Waals surface area contributed by atoms with E-state index in [-0.39, 0.29) is 17.9 Å². The van der Waals surface area contributed by atoms with E-state index < -0.39 is 0 Å². The summed E-state index contributed by atoms with van der Waals surface area (Å²) >= 11 is 5.93. The number of hydrogen-bond donors (Lipinski definition) is 2. The fourth-order valence-electron chi connectivity index (χ4n) is 3.21. The van der Waals surface area contributed by atoms with Gasteiger partial charge in [-0.1, -0.05) is 31.9 Å². The summed E-state index contributed by atoms with van der Waals surface area (Å²) in [5.74, 6) is 0.288. The lowest BCUT2D eigenvalue weighted by molar-refractivity contribution is -0.124.